The van der Waals surface area contributed by atoms with Crippen molar-refractivity contribution in [1.29, 1.82) is 0 Å². The lowest BCUT2D eigenvalue weighted by Crippen LogP contribution is -1.96. The van der Waals surface area contributed by atoms with Crippen LogP contribution in [0.15, 0.2) is 65.4 Å². The summed E-state index contributed by atoms with van der Waals surface area (Å²) in [7, 11) is 0. The molecule has 0 atom stereocenters. The smallest absolute Gasteiger partial charge is 0.140 e. The number of nitrogens with zero attached hydrogens (tertiary/aromatic N) is 2. The van der Waals surface area contributed by atoms with Crippen LogP contribution in [0.5, 0.6) is 5.75 Å². The lowest BCUT2D eigenvalue weighted by atomic mass is 10.1. The molecule has 3 nitrogen and oxygen atoms in total. The molecule has 4 rings (SSSR count). The highest BCUT2D eigenvalue weighted by Gasteiger charge is 2.11. The van der Waals surface area contributed by atoms with Gasteiger partial charge in [-0.05, 0) is 77.2 Å². The van der Waals surface area contributed by atoms with Crippen molar-refractivity contribution in [2.45, 2.75) is 27.4 Å². The van der Waals surface area contributed by atoms with Gasteiger partial charge in [-0.1, -0.05) is 30.3 Å². The maximum absolute atomic E-state index is 5.99. The van der Waals surface area contributed by atoms with Gasteiger partial charge in [-0.25, -0.2) is 4.98 Å². The predicted octanol–water partition coefficient (Wildman–Crippen LogP) is 6.27. The minimum atomic E-state index is 0.571. The molecule has 4 heteroatoms. The summed E-state index contributed by atoms with van der Waals surface area (Å²) < 4.78 is 9.17. The van der Waals surface area contributed by atoms with Crippen molar-refractivity contribution in [3.8, 4) is 17.0 Å². The van der Waals surface area contributed by atoms with Crippen molar-refractivity contribution in [2.75, 3.05) is 0 Å². The molecule has 0 amide bonds. The van der Waals surface area contributed by atoms with Gasteiger partial charge in [0.1, 0.15) is 18.0 Å². The number of imidazole rings is 1. The number of aryl methyl sites for hydroxylation is 2. The van der Waals surface area contributed by atoms with Crippen molar-refractivity contribution in [2.24, 2.45) is 0 Å². The Morgan fingerprint density at radius 3 is 2.48 bits per heavy atom. The predicted molar refractivity (Wildman–Crippen MR) is 113 cm³/mol. The third-order valence-corrected chi connectivity index (χ3v) is 5.75. The Kier molecular flexibility index (Phi) is 4.75. The molecule has 0 aliphatic rings. The second kappa shape index (κ2) is 7.20. The summed E-state index contributed by atoms with van der Waals surface area (Å²) in [5.74, 6) is 0.904. The lowest BCUT2D eigenvalue weighted by molar-refractivity contribution is 0.304. The van der Waals surface area contributed by atoms with Crippen molar-refractivity contribution in [1.82, 2.24) is 9.38 Å². The van der Waals surface area contributed by atoms with Gasteiger partial charge in [0.25, 0.3) is 0 Å². The standard InChI is InChI=1S/C23H21BrN2O/c1-15-11-19(9-10-22(15)27-14-18-7-5-4-6-8-18)21-13-26-12-20(24)16(2)17(3)23(26)25-21/h4-13H,14H2,1-3H3. The zero-order valence-corrected chi connectivity index (χ0v) is 17.2. The Bertz CT molecular complexity index is 1120. The Balaban J connectivity index is 1.62. The highest BCUT2D eigenvalue weighted by molar-refractivity contribution is 9.10. The Hall–Kier alpha value is -2.59. The molecule has 2 heterocycles. The minimum absolute atomic E-state index is 0.571. The zero-order valence-electron chi connectivity index (χ0n) is 15.7. The van der Waals surface area contributed by atoms with Crippen LogP contribution >= 0.6 is 15.9 Å². The van der Waals surface area contributed by atoms with Crippen molar-refractivity contribution in [3.63, 3.8) is 0 Å². The largest absolute Gasteiger partial charge is 0.489 e. The van der Waals surface area contributed by atoms with Crippen LogP contribution in [-0.2, 0) is 6.61 Å². The SMILES string of the molecule is Cc1cc(-c2cn3cc(Br)c(C)c(C)c3n2)ccc1OCc1ccccc1. The molecule has 0 fully saturated rings. The zero-order chi connectivity index (χ0) is 19.0. The van der Waals surface area contributed by atoms with Crippen LogP contribution in [-0.4, -0.2) is 9.38 Å². The summed E-state index contributed by atoms with van der Waals surface area (Å²) in [5, 5.41) is 0. The molecule has 27 heavy (non-hydrogen) atoms. The van der Waals surface area contributed by atoms with Gasteiger partial charge in [0.2, 0.25) is 0 Å². The third kappa shape index (κ3) is 3.50. The molecule has 0 saturated heterocycles. The van der Waals surface area contributed by atoms with E-state index in [1.165, 1.54) is 11.1 Å². The minimum Gasteiger partial charge on any atom is -0.489 e. The van der Waals surface area contributed by atoms with Crippen LogP contribution in [0.25, 0.3) is 16.9 Å². The molecule has 2 aromatic carbocycles. The van der Waals surface area contributed by atoms with Gasteiger partial charge in [0, 0.05) is 22.4 Å². The number of ether oxygens (including phenoxy) is 1. The highest BCUT2D eigenvalue weighted by Crippen LogP contribution is 2.29. The fourth-order valence-electron chi connectivity index (χ4n) is 3.18. The Morgan fingerprint density at radius 2 is 1.74 bits per heavy atom. The van der Waals surface area contributed by atoms with E-state index in [4.69, 9.17) is 9.72 Å². The summed E-state index contributed by atoms with van der Waals surface area (Å²) in [6.07, 6.45) is 4.14. The fourth-order valence-corrected chi connectivity index (χ4v) is 3.70. The number of fused-ring (bicyclic) bond motifs is 1. The summed E-state index contributed by atoms with van der Waals surface area (Å²) >= 11 is 3.63. The first-order valence-electron chi connectivity index (χ1n) is 8.95. The summed E-state index contributed by atoms with van der Waals surface area (Å²) in [6.45, 7) is 6.86. The highest BCUT2D eigenvalue weighted by atomic mass is 79.9. The van der Waals surface area contributed by atoms with E-state index in [9.17, 15) is 0 Å². The van der Waals surface area contributed by atoms with E-state index >= 15 is 0 Å². The summed E-state index contributed by atoms with van der Waals surface area (Å²) in [5.41, 5.74) is 7.74. The third-order valence-electron chi connectivity index (χ3n) is 4.95. The molecule has 0 spiro atoms. The lowest BCUT2D eigenvalue weighted by Gasteiger charge is -2.10. The normalized spacial score (nSPS) is 11.1. The summed E-state index contributed by atoms with van der Waals surface area (Å²) in [4.78, 5) is 4.85. The summed E-state index contributed by atoms with van der Waals surface area (Å²) in [6, 6.07) is 16.5. The molecule has 0 radical (unpaired) electrons. The molecule has 136 valence electrons. The van der Waals surface area contributed by atoms with E-state index in [-0.39, 0.29) is 0 Å². The molecule has 2 aromatic heterocycles. The van der Waals surface area contributed by atoms with Crippen LogP contribution in [0.3, 0.4) is 0 Å². The second-order valence-electron chi connectivity index (χ2n) is 6.84. The number of pyridine rings is 1. The molecule has 0 aliphatic heterocycles. The average Bonchev–Trinajstić information content (AvgIpc) is 3.10. The molecule has 4 aromatic rings. The van der Waals surface area contributed by atoms with Crippen molar-refractivity contribution < 1.29 is 4.74 Å². The second-order valence-corrected chi connectivity index (χ2v) is 7.69. The van der Waals surface area contributed by atoms with E-state index in [0.717, 1.165) is 38.3 Å². The maximum atomic E-state index is 5.99. The van der Waals surface area contributed by atoms with E-state index in [2.05, 4.69) is 77.8 Å². The first-order chi connectivity index (χ1) is 13.0. The van der Waals surface area contributed by atoms with Gasteiger partial charge >= 0.3 is 0 Å². The van der Waals surface area contributed by atoms with Crippen LogP contribution in [0.2, 0.25) is 0 Å². The number of hydrogen-bond donors (Lipinski definition) is 0. The molecule has 0 saturated carbocycles. The number of hydrogen-bond acceptors (Lipinski definition) is 2. The molecule has 0 aliphatic carbocycles. The van der Waals surface area contributed by atoms with Crippen molar-refractivity contribution >= 4 is 21.6 Å². The Labute approximate surface area is 167 Å². The molecule has 0 N–H and O–H groups in total. The van der Waals surface area contributed by atoms with Crippen LogP contribution in [0, 0.1) is 20.8 Å². The van der Waals surface area contributed by atoms with Gasteiger partial charge < -0.3 is 9.14 Å². The van der Waals surface area contributed by atoms with Crippen LogP contribution in [0.1, 0.15) is 22.3 Å². The Morgan fingerprint density at radius 1 is 0.963 bits per heavy atom. The average molecular weight is 421 g/mol. The molecular formula is C23H21BrN2O. The molecule has 0 bridgehead atoms. The maximum Gasteiger partial charge on any atom is 0.140 e. The van der Waals surface area contributed by atoms with Gasteiger partial charge in [0.15, 0.2) is 0 Å². The fraction of sp³-hybridized carbons (Fsp3) is 0.174. The first kappa shape index (κ1) is 17.8. The monoisotopic (exact) mass is 420 g/mol. The van der Waals surface area contributed by atoms with E-state index < -0.39 is 0 Å². The van der Waals surface area contributed by atoms with Crippen molar-refractivity contribution in [3.05, 3.63) is 87.7 Å². The molecule has 0 unspecified atom stereocenters. The quantitative estimate of drug-likeness (QED) is 0.388. The topological polar surface area (TPSA) is 26.5 Å². The number of aromatic nitrogens is 2. The van der Waals surface area contributed by atoms with Gasteiger partial charge in [-0.2, -0.15) is 0 Å². The van der Waals surface area contributed by atoms with Gasteiger partial charge in [0.05, 0.1) is 5.69 Å². The van der Waals surface area contributed by atoms with Gasteiger partial charge in [-0.15, -0.1) is 0 Å². The first-order valence-corrected chi connectivity index (χ1v) is 9.74. The number of halogens is 1. The van der Waals surface area contributed by atoms with Gasteiger partial charge in [-0.3, -0.25) is 0 Å². The van der Waals surface area contributed by atoms with E-state index in [1.807, 2.05) is 24.3 Å². The number of rotatable bonds is 4. The van der Waals surface area contributed by atoms with E-state index in [1.54, 1.807) is 0 Å². The van der Waals surface area contributed by atoms with Crippen LogP contribution < -0.4 is 4.74 Å². The molecular weight excluding hydrogens is 400 g/mol. The van der Waals surface area contributed by atoms with Crippen LogP contribution in [0.4, 0.5) is 0 Å². The van der Waals surface area contributed by atoms with E-state index in [0.29, 0.717) is 6.61 Å². The number of benzene rings is 2.